The normalized spacial score (nSPS) is 29.7. The number of benzene rings is 1. The number of hydrogen-bond acceptors (Lipinski definition) is 4. The maximum atomic E-state index is 12.6. The minimum atomic E-state index is -3.51. The summed E-state index contributed by atoms with van der Waals surface area (Å²) in [5.41, 5.74) is 0.517. The summed E-state index contributed by atoms with van der Waals surface area (Å²) in [7, 11) is -3.51. The minimum absolute atomic E-state index is 0.104. The van der Waals surface area contributed by atoms with Crippen molar-refractivity contribution in [2.24, 2.45) is 11.8 Å². The third-order valence-electron chi connectivity index (χ3n) is 5.78. The number of sulfonamides is 1. The summed E-state index contributed by atoms with van der Waals surface area (Å²) in [5.74, 6) is 1.29. The third kappa shape index (κ3) is 3.32. The highest BCUT2D eigenvalue weighted by Gasteiger charge is 2.40. The van der Waals surface area contributed by atoms with Gasteiger partial charge in [0.05, 0.1) is 18.1 Å². The van der Waals surface area contributed by atoms with Gasteiger partial charge in [-0.15, -0.1) is 0 Å². The van der Waals surface area contributed by atoms with E-state index in [2.05, 4.69) is 5.32 Å². The van der Waals surface area contributed by atoms with Crippen LogP contribution in [0.3, 0.4) is 0 Å². The molecule has 1 saturated heterocycles. The molecule has 3 fully saturated rings. The summed E-state index contributed by atoms with van der Waals surface area (Å²) in [5, 5.41) is 3.13. The Bertz CT molecular complexity index is 741. The Balaban J connectivity index is 1.43. The van der Waals surface area contributed by atoms with Crippen LogP contribution in [-0.2, 0) is 14.8 Å². The van der Waals surface area contributed by atoms with Crippen LogP contribution in [0.15, 0.2) is 29.2 Å². The van der Waals surface area contributed by atoms with E-state index in [1.54, 1.807) is 12.1 Å². The lowest BCUT2D eigenvalue weighted by Crippen LogP contribution is -2.40. The molecule has 2 aliphatic carbocycles. The Kier molecular flexibility index (Phi) is 4.56. The molecular weight excluding hydrogens is 340 g/mol. The maximum Gasteiger partial charge on any atom is 0.251 e. The van der Waals surface area contributed by atoms with Gasteiger partial charge in [0.2, 0.25) is 10.0 Å². The average molecular weight is 364 g/mol. The number of rotatable bonds is 4. The fourth-order valence-electron chi connectivity index (χ4n) is 4.39. The Hall–Kier alpha value is -1.44. The summed E-state index contributed by atoms with van der Waals surface area (Å²) < 4.78 is 31.8. The van der Waals surface area contributed by atoms with Crippen LogP contribution in [-0.4, -0.2) is 51.0 Å². The molecule has 6 nitrogen and oxygen atoms in total. The Morgan fingerprint density at radius 3 is 2.40 bits per heavy atom. The number of morpholine rings is 1. The number of fused-ring (bicyclic) bond motifs is 2. The molecule has 1 aromatic carbocycles. The lowest BCUT2D eigenvalue weighted by atomic mass is 9.95. The number of carbonyl (C=O) groups excluding carboxylic acids is 1. The van der Waals surface area contributed by atoms with Gasteiger partial charge in [0.15, 0.2) is 0 Å². The second-order valence-corrected chi connectivity index (χ2v) is 9.23. The van der Waals surface area contributed by atoms with Crippen LogP contribution >= 0.6 is 0 Å². The van der Waals surface area contributed by atoms with Crippen molar-refractivity contribution in [3.63, 3.8) is 0 Å². The smallest absolute Gasteiger partial charge is 0.251 e. The fraction of sp³-hybridized carbons (Fsp3) is 0.611. The van der Waals surface area contributed by atoms with Crippen molar-refractivity contribution in [1.29, 1.82) is 0 Å². The van der Waals surface area contributed by atoms with Gasteiger partial charge in [-0.3, -0.25) is 4.79 Å². The van der Waals surface area contributed by atoms with Crippen molar-refractivity contribution in [1.82, 2.24) is 9.62 Å². The summed E-state index contributed by atoms with van der Waals surface area (Å²) in [6.07, 6.45) is 4.83. The first-order chi connectivity index (χ1) is 12.0. The molecule has 0 spiro atoms. The number of nitrogens with zero attached hydrogens (tertiary/aromatic N) is 1. The van der Waals surface area contributed by atoms with E-state index in [0.717, 1.165) is 12.3 Å². The summed E-state index contributed by atoms with van der Waals surface area (Å²) >= 11 is 0. The van der Waals surface area contributed by atoms with E-state index < -0.39 is 10.0 Å². The molecule has 4 rings (SSSR count). The van der Waals surface area contributed by atoms with Crippen molar-refractivity contribution in [3.8, 4) is 0 Å². The van der Waals surface area contributed by atoms with E-state index in [0.29, 0.717) is 37.8 Å². The predicted octanol–water partition coefficient (Wildman–Crippen LogP) is 1.63. The first-order valence-electron chi connectivity index (χ1n) is 9.03. The van der Waals surface area contributed by atoms with Crippen molar-refractivity contribution in [3.05, 3.63) is 29.8 Å². The van der Waals surface area contributed by atoms with E-state index >= 15 is 0 Å². The molecule has 2 bridgehead atoms. The van der Waals surface area contributed by atoms with E-state index in [1.165, 1.54) is 35.7 Å². The van der Waals surface area contributed by atoms with Crippen LogP contribution in [0.4, 0.5) is 0 Å². The molecule has 1 heterocycles. The van der Waals surface area contributed by atoms with E-state index in [1.807, 2.05) is 0 Å². The zero-order valence-electron chi connectivity index (χ0n) is 14.2. The number of carbonyl (C=O) groups is 1. The molecule has 1 aliphatic heterocycles. The van der Waals surface area contributed by atoms with Gasteiger partial charge in [0, 0.05) is 24.7 Å². The van der Waals surface area contributed by atoms with Crippen LogP contribution < -0.4 is 5.32 Å². The van der Waals surface area contributed by atoms with Crippen LogP contribution in [0.5, 0.6) is 0 Å². The monoisotopic (exact) mass is 364 g/mol. The lowest BCUT2D eigenvalue weighted by Gasteiger charge is -2.26. The van der Waals surface area contributed by atoms with E-state index in [-0.39, 0.29) is 16.8 Å². The molecule has 0 aromatic heterocycles. The van der Waals surface area contributed by atoms with E-state index in [9.17, 15) is 13.2 Å². The molecule has 1 amide bonds. The predicted molar refractivity (Wildman–Crippen MR) is 92.7 cm³/mol. The van der Waals surface area contributed by atoms with Gasteiger partial charge in [0.1, 0.15) is 0 Å². The summed E-state index contributed by atoms with van der Waals surface area (Å²) in [4.78, 5) is 12.7. The van der Waals surface area contributed by atoms with Gasteiger partial charge in [-0.1, -0.05) is 6.42 Å². The lowest BCUT2D eigenvalue weighted by molar-refractivity contribution is 0.0730. The van der Waals surface area contributed by atoms with Crippen molar-refractivity contribution >= 4 is 15.9 Å². The zero-order chi connectivity index (χ0) is 17.4. The molecule has 1 N–H and O–H groups in total. The first-order valence-corrected chi connectivity index (χ1v) is 10.5. The SMILES string of the molecule is O=C(N[C@H]1C[C@H]2CC[C@H]1C2)c1ccc(S(=O)(=O)N2CCOCC2)cc1. The van der Waals surface area contributed by atoms with E-state index in [4.69, 9.17) is 4.74 Å². The quantitative estimate of drug-likeness (QED) is 0.881. The Labute approximate surface area is 148 Å². The third-order valence-corrected chi connectivity index (χ3v) is 7.69. The van der Waals surface area contributed by atoms with Crippen molar-refractivity contribution < 1.29 is 17.9 Å². The summed E-state index contributed by atoms with van der Waals surface area (Å²) in [6, 6.07) is 6.55. The standard InChI is InChI=1S/C18H24N2O4S/c21-18(19-17-12-13-1-2-15(17)11-13)14-3-5-16(6-4-14)25(22,23)20-7-9-24-10-8-20/h3-6,13,15,17H,1-2,7-12H2,(H,19,21)/t13-,15-,17-/m0/s1. The topological polar surface area (TPSA) is 75.7 Å². The van der Waals surface area contributed by atoms with Crippen LogP contribution in [0.2, 0.25) is 0 Å². The number of hydrogen-bond donors (Lipinski definition) is 1. The molecule has 0 radical (unpaired) electrons. The first kappa shape index (κ1) is 17.0. The van der Waals surface area contributed by atoms with Crippen LogP contribution in [0.1, 0.15) is 36.0 Å². The maximum absolute atomic E-state index is 12.6. The molecule has 136 valence electrons. The minimum Gasteiger partial charge on any atom is -0.379 e. The molecule has 3 atom stereocenters. The average Bonchev–Trinajstić information content (AvgIpc) is 3.25. The molecule has 25 heavy (non-hydrogen) atoms. The number of amides is 1. The Morgan fingerprint density at radius 1 is 1.08 bits per heavy atom. The highest BCUT2D eigenvalue weighted by molar-refractivity contribution is 7.89. The molecular formula is C18H24N2O4S. The highest BCUT2D eigenvalue weighted by Crippen LogP contribution is 2.44. The van der Waals surface area contributed by atoms with Crippen LogP contribution in [0, 0.1) is 11.8 Å². The molecule has 1 aromatic rings. The Morgan fingerprint density at radius 2 is 1.80 bits per heavy atom. The van der Waals surface area contributed by atoms with Gasteiger partial charge in [-0.25, -0.2) is 8.42 Å². The highest BCUT2D eigenvalue weighted by atomic mass is 32.2. The fourth-order valence-corrected chi connectivity index (χ4v) is 5.80. The van der Waals surface area contributed by atoms with Gasteiger partial charge in [-0.2, -0.15) is 4.31 Å². The largest absolute Gasteiger partial charge is 0.379 e. The van der Waals surface area contributed by atoms with Gasteiger partial charge in [-0.05, 0) is 55.4 Å². The van der Waals surface area contributed by atoms with Crippen LogP contribution in [0.25, 0.3) is 0 Å². The second-order valence-electron chi connectivity index (χ2n) is 7.30. The second kappa shape index (κ2) is 6.70. The van der Waals surface area contributed by atoms with Gasteiger partial charge < -0.3 is 10.1 Å². The molecule has 0 unspecified atom stereocenters. The van der Waals surface area contributed by atoms with Gasteiger partial charge in [0.25, 0.3) is 5.91 Å². The van der Waals surface area contributed by atoms with Crippen molar-refractivity contribution in [2.75, 3.05) is 26.3 Å². The molecule has 2 saturated carbocycles. The molecule has 7 heteroatoms. The number of ether oxygens (including phenoxy) is 1. The van der Waals surface area contributed by atoms with Gasteiger partial charge >= 0.3 is 0 Å². The van der Waals surface area contributed by atoms with Crippen molar-refractivity contribution in [2.45, 2.75) is 36.6 Å². The molecule has 3 aliphatic rings. The zero-order valence-corrected chi connectivity index (χ0v) is 15.0. The number of nitrogens with one attached hydrogen (secondary N) is 1. The summed E-state index contributed by atoms with van der Waals surface area (Å²) in [6.45, 7) is 1.58.